The summed E-state index contributed by atoms with van der Waals surface area (Å²) in [6.45, 7) is 4.71. The zero-order valence-electron chi connectivity index (χ0n) is 11.5. The third kappa shape index (κ3) is 3.94. The first-order valence-electron chi connectivity index (χ1n) is 5.99. The van der Waals surface area contributed by atoms with E-state index >= 15 is 0 Å². The number of nitrogens with two attached hydrogens (primary N) is 1. The highest BCUT2D eigenvalue weighted by atomic mass is 16.5. The first-order chi connectivity index (χ1) is 8.52. The van der Waals surface area contributed by atoms with Gasteiger partial charge in [-0.15, -0.1) is 0 Å². The molecule has 18 heavy (non-hydrogen) atoms. The number of ether oxygens (including phenoxy) is 2. The number of nitriles is 1. The monoisotopic (exact) mass is 249 g/mol. The fraction of sp³-hybridized carbons (Fsp3) is 0.500. The summed E-state index contributed by atoms with van der Waals surface area (Å²) in [7, 11) is 3.26. The number of quaternary nitrogens is 1. The van der Waals surface area contributed by atoms with Gasteiger partial charge in [0.25, 0.3) is 0 Å². The van der Waals surface area contributed by atoms with E-state index in [2.05, 4.69) is 6.07 Å². The summed E-state index contributed by atoms with van der Waals surface area (Å²) >= 11 is 0. The molecule has 0 radical (unpaired) electrons. The number of methoxy groups -OCH3 is 2. The summed E-state index contributed by atoms with van der Waals surface area (Å²) in [6.07, 6.45) is 0.894. The molecular formula is C14H21N2O2+. The SMILES string of the molecule is COc1ccc(CC[NH2+]C(C)(C)C#N)cc1OC. The Morgan fingerprint density at radius 2 is 1.89 bits per heavy atom. The summed E-state index contributed by atoms with van der Waals surface area (Å²) in [4.78, 5) is 0. The first kappa shape index (κ1) is 14.3. The molecule has 0 aromatic heterocycles. The van der Waals surface area contributed by atoms with Crippen molar-refractivity contribution in [2.24, 2.45) is 0 Å². The van der Waals surface area contributed by atoms with Gasteiger partial charge in [-0.3, -0.25) is 0 Å². The molecule has 0 bridgehead atoms. The van der Waals surface area contributed by atoms with Crippen molar-refractivity contribution in [2.45, 2.75) is 25.8 Å². The lowest BCUT2D eigenvalue weighted by atomic mass is 10.1. The quantitative estimate of drug-likeness (QED) is 0.821. The fourth-order valence-corrected chi connectivity index (χ4v) is 1.68. The van der Waals surface area contributed by atoms with Gasteiger partial charge in [0.05, 0.1) is 20.8 Å². The van der Waals surface area contributed by atoms with Crippen molar-refractivity contribution in [3.63, 3.8) is 0 Å². The number of rotatable bonds is 6. The molecule has 1 aromatic rings. The van der Waals surface area contributed by atoms with Crippen LogP contribution >= 0.6 is 0 Å². The van der Waals surface area contributed by atoms with Gasteiger partial charge in [0.1, 0.15) is 6.07 Å². The largest absolute Gasteiger partial charge is 0.493 e. The normalized spacial score (nSPS) is 10.8. The highest BCUT2D eigenvalue weighted by Crippen LogP contribution is 2.27. The molecule has 4 nitrogen and oxygen atoms in total. The second-order valence-corrected chi connectivity index (χ2v) is 4.77. The second kappa shape index (κ2) is 6.27. The fourth-order valence-electron chi connectivity index (χ4n) is 1.68. The van der Waals surface area contributed by atoms with Gasteiger partial charge in [-0.2, -0.15) is 5.26 Å². The molecule has 0 saturated heterocycles. The van der Waals surface area contributed by atoms with Crippen LogP contribution in [0.1, 0.15) is 19.4 Å². The van der Waals surface area contributed by atoms with E-state index in [9.17, 15) is 0 Å². The maximum absolute atomic E-state index is 8.92. The van der Waals surface area contributed by atoms with Crippen LogP contribution in [0.25, 0.3) is 0 Å². The van der Waals surface area contributed by atoms with Crippen molar-refractivity contribution in [1.29, 1.82) is 5.26 Å². The Balaban J connectivity index is 2.61. The van der Waals surface area contributed by atoms with E-state index in [4.69, 9.17) is 14.7 Å². The van der Waals surface area contributed by atoms with Crippen LogP contribution < -0.4 is 14.8 Å². The molecule has 1 aromatic carbocycles. The summed E-state index contributed by atoms with van der Waals surface area (Å²) in [5.74, 6) is 1.48. The molecule has 0 unspecified atom stereocenters. The molecular weight excluding hydrogens is 228 g/mol. The number of hydrogen-bond acceptors (Lipinski definition) is 3. The van der Waals surface area contributed by atoms with E-state index in [1.807, 2.05) is 37.4 Å². The van der Waals surface area contributed by atoms with Gasteiger partial charge in [0, 0.05) is 20.3 Å². The van der Waals surface area contributed by atoms with Crippen LogP contribution in [0.4, 0.5) is 0 Å². The summed E-state index contributed by atoms with van der Waals surface area (Å²) in [5.41, 5.74) is 0.814. The Hall–Kier alpha value is -1.73. The van der Waals surface area contributed by atoms with Gasteiger partial charge in [-0.25, -0.2) is 0 Å². The lowest BCUT2D eigenvalue weighted by molar-refractivity contribution is -0.706. The number of nitrogens with zero attached hydrogens (tertiary/aromatic N) is 1. The smallest absolute Gasteiger partial charge is 0.177 e. The minimum Gasteiger partial charge on any atom is -0.493 e. The minimum absolute atomic E-state index is 0.365. The summed E-state index contributed by atoms with van der Waals surface area (Å²) in [5, 5.41) is 11.0. The van der Waals surface area contributed by atoms with Gasteiger partial charge in [-0.1, -0.05) is 6.07 Å². The molecule has 98 valence electrons. The topological polar surface area (TPSA) is 58.9 Å². The number of hydrogen-bond donors (Lipinski definition) is 1. The number of benzene rings is 1. The molecule has 0 atom stereocenters. The van der Waals surface area contributed by atoms with Crippen LogP contribution in [0.5, 0.6) is 11.5 Å². The molecule has 0 saturated carbocycles. The molecule has 0 heterocycles. The molecule has 0 aliphatic carbocycles. The molecule has 0 fully saturated rings. The van der Waals surface area contributed by atoms with E-state index in [0.717, 1.165) is 24.5 Å². The molecule has 0 aliphatic rings. The zero-order chi connectivity index (χ0) is 13.6. The highest BCUT2D eigenvalue weighted by Gasteiger charge is 2.19. The van der Waals surface area contributed by atoms with Crippen LogP contribution in [-0.4, -0.2) is 26.3 Å². The first-order valence-corrected chi connectivity index (χ1v) is 5.99. The van der Waals surface area contributed by atoms with Gasteiger partial charge in [0.2, 0.25) is 0 Å². The maximum Gasteiger partial charge on any atom is 0.177 e. The second-order valence-electron chi connectivity index (χ2n) is 4.77. The lowest BCUT2D eigenvalue weighted by Crippen LogP contribution is -2.95. The van der Waals surface area contributed by atoms with Gasteiger partial charge < -0.3 is 14.8 Å². The molecule has 1 rings (SSSR count). The van der Waals surface area contributed by atoms with Crippen molar-refractivity contribution < 1.29 is 14.8 Å². The third-order valence-electron chi connectivity index (χ3n) is 2.82. The van der Waals surface area contributed by atoms with Crippen molar-refractivity contribution >= 4 is 0 Å². The van der Waals surface area contributed by atoms with E-state index in [-0.39, 0.29) is 5.54 Å². The Kier molecular flexibility index (Phi) is 4.99. The van der Waals surface area contributed by atoms with Gasteiger partial charge >= 0.3 is 0 Å². The molecule has 0 spiro atoms. The molecule has 0 aliphatic heterocycles. The molecule has 2 N–H and O–H groups in total. The average Bonchev–Trinajstić information content (AvgIpc) is 2.38. The van der Waals surface area contributed by atoms with Gasteiger partial charge in [0.15, 0.2) is 17.0 Å². The van der Waals surface area contributed by atoms with Crippen LogP contribution in [0.2, 0.25) is 0 Å². The molecule has 4 heteroatoms. The van der Waals surface area contributed by atoms with E-state index in [1.54, 1.807) is 14.2 Å². The van der Waals surface area contributed by atoms with Crippen LogP contribution in [0.15, 0.2) is 18.2 Å². The van der Waals surface area contributed by atoms with Gasteiger partial charge in [-0.05, 0) is 17.7 Å². The maximum atomic E-state index is 8.92. The Morgan fingerprint density at radius 3 is 2.44 bits per heavy atom. The predicted octanol–water partition coefficient (Wildman–Crippen LogP) is 1.11. The average molecular weight is 249 g/mol. The standard InChI is InChI=1S/C14H20N2O2/c1-14(2,10-15)16-8-7-11-5-6-12(17-3)13(9-11)18-4/h5-6,9,16H,7-8H2,1-4H3/p+1. The van der Waals surface area contributed by atoms with E-state index in [1.165, 1.54) is 5.56 Å². The lowest BCUT2D eigenvalue weighted by Gasteiger charge is -2.14. The van der Waals surface area contributed by atoms with Crippen molar-refractivity contribution in [2.75, 3.05) is 20.8 Å². The van der Waals surface area contributed by atoms with E-state index in [0.29, 0.717) is 0 Å². The third-order valence-corrected chi connectivity index (χ3v) is 2.82. The van der Waals surface area contributed by atoms with Crippen molar-refractivity contribution in [3.8, 4) is 17.6 Å². The highest BCUT2D eigenvalue weighted by molar-refractivity contribution is 5.42. The molecule has 0 amide bonds. The summed E-state index contributed by atoms with van der Waals surface area (Å²) in [6, 6.07) is 8.18. The Labute approximate surface area is 109 Å². The van der Waals surface area contributed by atoms with E-state index < -0.39 is 0 Å². The van der Waals surface area contributed by atoms with Crippen LogP contribution in [0.3, 0.4) is 0 Å². The predicted molar refractivity (Wildman–Crippen MR) is 69.7 cm³/mol. The zero-order valence-corrected chi connectivity index (χ0v) is 11.5. The Bertz CT molecular complexity index is 436. The van der Waals surface area contributed by atoms with Crippen molar-refractivity contribution in [3.05, 3.63) is 23.8 Å². The van der Waals surface area contributed by atoms with Crippen molar-refractivity contribution in [1.82, 2.24) is 0 Å². The van der Waals surface area contributed by atoms with Crippen LogP contribution in [0, 0.1) is 11.3 Å². The van der Waals surface area contributed by atoms with Crippen LogP contribution in [-0.2, 0) is 6.42 Å². The minimum atomic E-state index is -0.365. The Morgan fingerprint density at radius 1 is 1.22 bits per heavy atom. The summed E-state index contributed by atoms with van der Waals surface area (Å²) < 4.78 is 10.4.